The summed E-state index contributed by atoms with van der Waals surface area (Å²) in [6.07, 6.45) is 69.9. The van der Waals surface area contributed by atoms with E-state index in [-0.39, 0.29) is 31.1 Å². The summed E-state index contributed by atoms with van der Waals surface area (Å²) in [4.78, 5) is 37.9. The van der Waals surface area contributed by atoms with Gasteiger partial charge in [0.2, 0.25) is 0 Å². The van der Waals surface area contributed by atoms with E-state index in [4.69, 9.17) is 14.2 Å². The molecular weight excluding hydrogens is 865 g/mol. The Bertz CT molecular complexity index is 1090. The van der Waals surface area contributed by atoms with Crippen molar-refractivity contribution < 1.29 is 28.6 Å². The van der Waals surface area contributed by atoms with Gasteiger partial charge in [0.1, 0.15) is 13.2 Å². The van der Waals surface area contributed by atoms with Crippen molar-refractivity contribution in [2.24, 2.45) is 0 Å². The van der Waals surface area contributed by atoms with E-state index >= 15 is 0 Å². The predicted octanol–water partition coefficient (Wildman–Crippen LogP) is 21.3. The van der Waals surface area contributed by atoms with Gasteiger partial charge in [-0.05, 0) is 38.5 Å². The largest absolute Gasteiger partial charge is 0.462 e. The fourth-order valence-corrected chi connectivity index (χ4v) is 9.74. The van der Waals surface area contributed by atoms with Gasteiger partial charge in [0.15, 0.2) is 6.10 Å². The van der Waals surface area contributed by atoms with E-state index in [9.17, 15) is 14.4 Å². The number of hydrogen-bond acceptors (Lipinski definition) is 6. The highest BCUT2D eigenvalue weighted by atomic mass is 16.6. The highest BCUT2D eigenvalue weighted by molar-refractivity contribution is 5.71. The van der Waals surface area contributed by atoms with Crippen molar-refractivity contribution in [1.29, 1.82) is 0 Å². The fourth-order valence-electron chi connectivity index (χ4n) is 9.74. The molecule has 0 fully saturated rings. The lowest BCUT2D eigenvalue weighted by atomic mass is 10.0. The van der Waals surface area contributed by atoms with Crippen LogP contribution in [-0.2, 0) is 28.6 Å². The van der Waals surface area contributed by atoms with E-state index in [1.807, 2.05) is 0 Å². The second-order valence-corrected chi connectivity index (χ2v) is 21.7. The maximum atomic E-state index is 12.7. The summed E-state index contributed by atoms with van der Waals surface area (Å²) in [5, 5.41) is 0. The highest BCUT2D eigenvalue weighted by Gasteiger charge is 2.19. The standard InChI is InChI=1S/C64H122O6/c1-4-7-10-13-16-19-21-22-23-24-25-26-27-28-29-30-31-32-33-34-35-36-37-38-39-40-41-42-43-46-48-51-54-57-63(66)69-60-61(59-68-62(65)56-53-50-47-44-18-15-12-9-6-3)70-64(67)58-55-52-49-45-20-17-14-11-8-5-2/h11,14,61H,4-10,12-13,15-60H2,1-3H3/b14-11-. The number of carbonyl (C=O) groups excluding carboxylic acids is 3. The number of allylic oxidation sites excluding steroid dienone is 2. The predicted molar refractivity (Wildman–Crippen MR) is 303 cm³/mol. The molecular formula is C64H122O6. The van der Waals surface area contributed by atoms with Crippen molar-refractivity contribution >= 4 is 17.9 Å². The van der Waals surface area contributed by atoms with Crippen molar-refractivity contribution in [3.05, 3.63) is 12.2 Å². The highest BCUT2D eigenvalue weighted by Crippen LogP contribution is 2.18. The van der Waals surface area contributed by atoms with Gasteiger partial charge in [0.05, 0.1) is 0 Å². The van der Waals surface area contributed by atoms with Crippen LogP contribution in [0.4, 0.5) is 0 Å². The Kier molecular flexibility index (Phi) is 58.1. The molecule has 0 radical (unpaired) electrons. The molecule has 0 spiro atoms. The Morgan fingerprint density at radius 3 is 0.771 bits per heavy atom. The summed E-state index contributed by atoms with van der Waals surface area (Å²) in [6.45, 7) is 6.60. The molecule has 1 atom stereocenters. The van der Waals surface area contributed by atoms with Crippen molar-refractivity contribution in [3.63, 3.8) is 0 Å². The average Bonchev–Trinajstić information content (AvgIpc) is 3.36. The minimum Gasteiger partial charge on any atom is -0.462 e. The second-order valence-electron chi connectivity index (χ2n) is 21.7. The molecule has 1 unspecified atom stereocenters. The molecule has 6 heteroatoms. The maximum absolute atomic E-state index is 12.7. The van der Waals surface area contributed by atoms with Gasteiger partial charge in [-0.25, -0.2) is 0 Å². The first-order valence-corrected chi connectivity index (χ1v) is 31.7. The van der Waals surface area contributed by atoms with Crippen LogP contribution in [0.1, 0.15) is 361 Å². The number of rotatable bonds is 59. The van der Waals surface area contributed by atoms with Crippen molar-refractivity contribution in [2.45, 2.75) is 367 Å². The number of hydrogen-bond donors (Lipinski definition) is 0. The lowest BCUT2D eigenvalue weighted by Crippen LogP contribution is -2.30. The molecule has 0 aromatic heterocycles. The van der Waals surface area contributed by atoms with Gasteiger partial charge in [0, 0.05) is 19.3 Å². The molecule has 6 nitrogen and oxygen atoms in total. The molecule has 0 bridgehead atoms. The molecule has 0 saturated heterocycles. The summed E-state index contributed by atoms with van der Waals surface area (Å²) < 4.78 is 16.8. The molecule has 0 aliphatic heterocycles. The third-order valence-corrected chi connectivity index (χ3v) is 14.5. The molecule has 414 valence electrons. The van der Waals surface area contributed by atoms with Crippen molar-refractivity contribution in [2.75, 3.05) is 13.2 Å². The molecule has 0 N–H and O–H groups in total. The topological polar surface area (TPSA) is 78.9 Å². The van der Waals surface area contributed by atoms with Crippen LogP contribution >= 0.6 is 0 Å². The van der Waals surface area contributed by atoms with Gasteiger partial charge in [-0.3, -0.25) is 14.4 Å². The van der Waals surface area contributed by atoms with Gasteiger partial charge in [0.25, 0.3) is 0 Å². The van der Waals surface area contributed by atoms with Gasteiger partial charge in [-0.1, -0.05) is 315 Å². The van der Waals surface area contributed by atoms with Crippen LogP contribution in [-0.4, -0.2) is 37.2 Å². The van der Waals surface area contributed by atoms with E-state index in [2.05, 4.69) is 32.9 Å². The first-order valence-electron chi connectivity index (χ1n) is 31.7. The normalized spacial score (nSPS) is 12.0. The van der Waals surface area contributed by atoms with Crippen LogP contribution in [0.15, 0.2) is 12.2 Å². The van der Waals surface area contributed by atoms with E-state index in [0.29, 0.717) is 19.3 Å². The van der Waals surface area contributed by atoms with E-state index in [1.165, 1.54) is 250 Å². The Morgan fingerprint density at radius 1 is 0.271 bits per heavy atom. The SMILES string of the molecule is CCC/C=C\CCCCCCCC(=O)OC(COC(=O)CCCCCCCCCCC)COC(=O)CCCCCCCCCCCCCCCCCCCCCCCCCCCCCCCCCCC. The molecule has 0 amide bonds. The summed E-state index contributed by atoms with van der Waals surface area (Å²) in [5.74, 6) is -0.862. The number of ether oxygens (including phenoxy) is 3. The van der Waals surface area contributed by atoms with Gasteiger partial charge < -0.3 is 14.2 Å². The summed E-state index contributed by atoms with van der Waals surface area (Å²) in [5.41, 5.74) is 0. The van der Waals surface area contributed by atoms with Crippen molar-refractivity contribution in [1.82, 2.24) is 0 Å². The van der Waals surface area contributed by atoms with Crippen LogP contribution in [0.5, 0.6) is 0 Å². The van der Waals surface area contributed by atoms with Gasteiger partial charge >= 0.3 is 17.9 Å². The summed E-state index contributed by atoms with van der Waals surface area (Å²) in [7, 11) is 0. The van der Waals surface area contributed by atoms with E-state index in [1.54, 1.807) is 0 Å². The van der Waals surface area contributed by atoms with Crippen molar-refractivity contribution in [3.8, 4) is 0 Å². The zero-order valence-corrected chi connectivity index (χ0v) is 47.6. The quantitative estimate of drug-likeness (QED) is 0.0261. The third kappa shape index (κ3) is 57.1. The smallest absolute Gasteiger partial charge is 0.306 e. The number of unbranched alkanes of at least 4 members (excludes halogenated alkanes) is 46. The van der Waals surface area contributed by atoms with Crippen LogP contribution in [0.25, 0.3) is 0 Å². The van der Waals surface area contributed by atoms with E-state index in [0.717, 1.165) is 70.6 Å². The van der Waals surface area contributed by atoms with Gasteiger partial charge in [-0.15, -0.1) is 0 Å². The Labute approximate surface area is 437 Å². The minimum atomic E-state index is -0.767. The monoisotopic (exact) mass is 987 g/mol. The Morgan fingerprint density at radius 2 is 0.500 bits per heavy atom. The van der Waals surface area contributed by atoms with Gasteiger partial charge in [-0.2, -0.15) is 0 Å². The zero-order valence-electron chi connectivity index (χ0n) is 47.6. The van der Waals surface area contributed by atoms with Crippen LogP contribution in [0, 0.1) is 0 Å². The Balaban J connectivity index is 3.88. The first kappa shape index (κ1) is 68.2. The number of esters is 3. The fraction of sp³-hybridized carbons (Fsp3) is 0.922. The average molecular weight is 988 g/mol. The first-order chi connectivity index (χ1) is 34.5. The van der Waals surface area contributed by atoms with Crippen LogP contribution < -0.4 is 0 Å². The summed E-state index contributed by atoms with van der Waals surface area (Å²) >= 11 is 0. The molecule has 0 aliphatic rings. The van der Waals surface area contributed by atoms with E-state index < -0.39 is 6.10 Å². The maximum Gasteiger partial charge on any atom is 0.306 e. The zero-order chi connectivity index (χ0) is 50.7. The minimum absolute atomic E-state index is 0.0684. The molecule has 0 rings (SSSR count). The molecule has 0 saturated carbocycles. The molecule has 70 heavy (non-hydrogen) atoms. The molecule has 0 aliphatic carbocycles. The Hall–Kier alpha value is -1.85. The molecule has 0 heterocycles. The van der Waals surface area contributed by atoms with Crippen LogP contribution in [0.3, 0.4) is 0 Å². The molecule has 0 aromatic rings. The second kappa shape index (κ2) is 59.7. The number of carbonyl (C=O) groups is 3. The summed E-state index contributed by atoms with van der Waals surface area (Å²) in [6, 6.07) is 0. The molecule has 0 aromatic carbocycles. The third-order valence-electron chi connectivity index (χ3n) is 14.5. The lowest BCUT2D eigenvalue weighted by Gasteiger charge is -2.18. The lowest BCUT2D eigenvalue weighted by molar-refractivity contribution is -0.167. The van der Waals surface area contributed by atoms with Crippen LogP contribution in [0.2, 0.25) is 0 Å².